The number of hydrogen-bond donors (Lipinski definition) is 0. The molecule has 164 valence electrons. The molecule has 4 aromatic rings. The van der Waals surface area contributed by atoms with Gasteiger partial charge in [-0.15, -0.1) is 10.2 Å². The number of aromatic nitrogens is 4. The van der Waals surface area contributed by atoms with Crippen molar-refractivity contribution in [2.45, 2.75) is 12.8 Å². The lowest BCUT2D eigenvalue weighted by Gasteiger charge is -2.33. The zero-order chi connectivity index (χ0) is 21.9. The van der Waals surface area contributed by atoms with Crippen LogP contribution >= 0.6 is 0 Å². The maximum absolute atomic E-state index is 5.50. The summed E-state index contributed by atoms with van der Waals surface area (Å²) >= 11 is 0. The van der Waals surface area contributed by atoms with E-state index in [2.05, 4.69) is 61.8 Å². The molecular weight excluding hydrogens is 400 g/mol. The first-order chi connectivity index (χ1) is 15.7. The number of anilines is 1. The molecule has 0 amide bonds. The van der Waals surface area contributed by atoms with Crippen molar-refractivity contribution < 1.29 is 4.74 Å². The van der Waals surface area contributed by atoms with Crippen molar-refractivity contribution in [3.63, 3.8) is 0 Å². The summed E-state index contributed by atoms with van der Waals surface area (Å²) in [6, 6.07) is 16.7. The third-order valence-electron chi connectivity index (χ3n) is 6.27. The minimum atomic E-state index is 0.858. The molecule has 1 aliphatic rings. The Morgan fingerprint density at radius 3 is 2.56 bits per heavy atom. The first kappa shape index (κ1) is 20.5. The van der Waals surface area contributed by atoms with Crippen LogP contribution in [0.1, 0.15) is 11.3 Å². The van der Waals surface area contributed by atoms with E-state index in [4.69, 9.17) is 9.72 Å². The van der Waals surface area contributed by atoms with E-state index in [1.807, 2.05) is 24.4 Å². The normalized spacial score (nSPS) is 14.8. The molecule has 1 saturated heterocycles. The number of likely N-dealkylation sites (N-methyl/N-ethyl adjacent to an activating group) is 1. The molecule has 5 rings (SSSR count). The summed E-state index contributed by atoms with van der Waals surface area (Å²) in [6.07, 6.45) is 5.50. The van der Waals surface area contributed by atoms with E-state index in [9.17, 15) is 0 Å². The Hall–Kier alpha value is -3.45. The average molecular weight is 429 g/mol. The lowest BCUT2D eigenvalue weighted by Crippen LogP contribution is -2.44. The van der Waals surface area contributed by atoms with Gasteiger partial charge < -0.3 is 14.5 Å². The molecule has 1 aromatic carbocycles. The van der Waals surface area contributed by atoms with E-state index in [0.717, 1.165) is 67.4 Å². The van der Waals surface area contributed by atoms with Gasteiger partial charge in [-0.3, -0.25) is 4.40 Å². The fraction of sp³-hybridized carbons (Fsp3) is 0.320. The van der Waals surface area contributed by atoms with Crippen LogP contribution in [0.15, 0.2) is 61.1 Å². The zero-order valence-corrected chi connectivity index (χ0v) is 18.6. The number of pyridine rings is 2. The Balaban J connectivity index is 1.37. The van der Waals surface area contributed by atoms with Crippen LogP contribution in [0.4, 0.5) is 5.82 Å². The second kappa shape index (κ2) is 8.96. The van der Waals surface area contributed by atoms with Gasteiger partial charge in [0, 0.05) is 49.2 Å². The van der Waals surface area contributed by atoms with Crippen LogP contribution in [0.2, 0.25) is 0 Å². The Labute approximate surface area is 188 Å². The van der Waals surface area contributed by atoms with Gasteiger partial charge in [0.05, 0.1) is 7.11 Å². The Morgan fingerprint density at radius 1 is 0.938 bits per heavy atom. The first-order valence-electron chi connectivity index (χ1n) is 11.1. The Kier molecular flexibility index (Phi) is 5.73. The lowest BCUT2D eigenvalue weighted by atomic mass is 10.0. The minimum Gasteiger partial charge on any atom is -0.496 e. The number of ether oxygens (including phenoxy) is 1. The molecule has 0 atom stereocenters. The topological polar surface area (TPSA) is 58.8 Å². The van der Waals surface area contributed by atoms with Crippen LogP contribution in [-0.4, -0.2) is 64.8 Å². The van der Waals surface area contributed by atoms with Crippen molar-refractivity contribution in [2.75, 3.05) is 45.2 Å². The number of para-hydroxylation sites is 1. The highest BCUT2D eigenvalue weighted by molar-refractivity contribution is 5.77. The molecule has 0 aliphatic carbocycles. The summed E-state index contributed by atoms with van der Waals surface area (Å²) in [5.41, 5.74) is 5.32. The fourth-order valence-corrected chi connectivity index (χ4v) is 4.33. The smallest absolute Gasteiger partial charge is 0.168 e. The molecule has 4 heterocycles. The monoisotopic (exact) mass is 428 g/mol. The van der Waals surface area contributed by atoms with Crippen molar-refractivity contribution >= 4 is 11.5 Å². The van der Waals surface area contributed by atoms with Gasteiger partial charge in [-0.1, -0.05) is 18.2 Å². The maximum atomic E-state index is 5.50. The van der Waals surface area contributed by atoms with Crippen LogP contribution in [0.5, 0.6) is 5.75 Å². The highest BCUT2D eigenvalue weighted by Gasteiger charge is 2.16. The van der Waals surface area contributed by atoms with Gasteiger partial charge >= 0.3 is 0 Å². The largest absolute Gasteiger partial charge is 0.496 e. The average Bonchev–Trinajstić information content (AvgIpc) is 3.34. The van der Waals surface area contributed by atoms with E-state index < -0.39 is 0 Å². The summed E-state index contributed by atoms with van der Waals surface area (Å²) in [6.45, 7) is 4.16. The van der Waals surface area contributed by atoms with Gasteiger partial charge in [-0.25, -0.2) is 4.98 Å². The number of aryl methyl sites for hydroxylation is 2. The fourth-order valence-electron chi connectivity index (χ4n) is 4.33. The number of rotatable bonds is 6. The third-order valence-corrected chi connectivity index (χ3v) is 6.27. The SMILES string of the molecule is COc1ccccc1CCc1ccc(-c2ccc(N3CCN(C)CC3)nc2)c2nncn12. The minimum absolute atomic E-state index is 0.858. The molecular formula is C25H28N6O. The summed E-state index contributed by atoms with van der Waals surface area (Å²) in [5.74, 6) is 1.96. The summed E-state index contributed by atoms with van der Waals surface area (Å²) in [4.78, 5) is 9.44. The molecule has 1 aliphatic heterocycles. The third kappa shape index (κ3) is 4.03. The van der Waals surface area contributed by atoms with Crippen LogP contribution in [0.3, 0.4) is 0 Å². The second-order valence-corrected chi connectivity index (χ2v) is 8.27. The van der Waals surface area contributed by atoms with E-state index in [-0.39, 0.29) is 0 Å². The van der Waals surface area contributed by atoms with Gasteiger partial charge in [0.2, 0.25) is 0 Å². The molecule has 1 fully saturated rings. The highest BCUT2D eigenvalue weighted by Crippen LogP contribution is 2.27. The summed E-state index contributed by atoms with van der Waals surface area (Å²) in [7, 11) is 3.88. The van der Waals surface area contributed by atoms with Gasteiger partial charge in [0.25, 0.3) is 0 Å². The molecule has 7 nitrogen and oxygen atoms in total. The van der Waals surface area contributed by atoms with Gasteiger partial charge in [-0.05, 0) is 55.8 Å². The number of piperazine rings is 1. The maximum Gasteiger partial charge on any atom is 0.168 e. The van der Waals surface area contributed by atoms with Crippen LogP contribution in [0, 0.1) is 0 Å². The second-order valence-electron chi connectivity index (χ2n) is 8.27. The number of fused-ring (bicyclic) bond motifs is 1. The molecule has 32 heavy (non-hydrogen) atoms. The number of methoxy groups -OCH3 is 1. The number of hydrogen-bond acceptors (Lipinski definition) is 6. The van der Waals surface area contributed by atoms with Crippen molar-refractivity contribution in [3.05, 3.63) is 72.3 Å². The molecule has 0 unspecified atom stereocenters. The van der Waals surface area contributed by atoms with E-state index in [0.29, 0.717) is 0 Å². The molecule has 3 aromatic heterocycles. The van der Waals surface area contributed by atoms with E-state index >= 15 is 0 Å². The van der Waals surface area contributed by atoms with Gasteiger partial charge in [0.1, 0.15) is 17.9 Å². The molecule has 0 bridgehead atoms. The molecule has 7 heteroatoms. The lowest BCUT2D eigenvalue weighted by molar-refractivity contribution is 0.312. The molecule has 0 saturated carbocycles. The van der Waals surface area contributed by atoms with E-state index in [1.54, 1.807) is 13.4 Å². The van der Waals surface area contributed by atoms with Crippen LogP contribution < -0.4 is 9.64 Å². The number of nitrogens with zero attached hydrogens (tertiary/aromatic N) is 6. The van der Waals surface area contributed by atoms with Crippen molar-refractivity contribution in [1.29, 1.82) is 0 Å². The van der Waals surface area contributed by atoms with Crippen molar-refractivity contribution in [1.82, 2.24) is 24.5 Å². The predicted octanol–water partition coefficient (Wildman–Crippen LogP) is 3.34. The van der Waals surface area contributed by atoms with Gasteiger partial charge in [0.15, 0.2) is 5.65 Å². The van der Waals surface area contributed by atoms with Crippen LogP contribution in [0.25, 0.3) is 16.8 Å². The summed E-state index contributed by atoms with van der Waals surface area (Å²) in [5, 5.41) is 8.60. The molecule has 0 radical (unpaired) electrons. The van der Waals surface area contributed by atoms with Crippen LogP contribution in [-0.2, 0) is 12.8 Å². The number of benzene rings is 1. The first-order valence-corrected chi connectivity index (χ1v) is 11.1. The Morgan fingerprint density at radius 2 is 1.78 bits per heavy atom. The quantitative estimate of drug-likeness (QED) is 0.470. The van der Waals surface area contributed by atoms with Gasteiger partial charge in [-0.2, -0.15) is 0 Å². The highest BCUT2D eigenvalue weighted by atomic mass is 16.5. The van der Waals surface area contributed by atoms with Crippen molar-refractivity contribution in [3.8, 4) is 16.9 Å². The van der Waals surface area contributed by atoms with Crippen molar-refractivity contribution in [2.24, 2.45) is 0 Å². The predicted molar refractivity (Wildman–Crippen MR) is 126 cm³/mol. The van der Waals surface area contributed by atoms with E-state index in [1.165, 1.54) is 11.3 Å². The zero-order valence-electron chi connectivity index (χ0n) is 18.6. The molecule has 0 N–H and O–H groups in total. The summed E-state index contributed by atoms with van der Waals surface area (Å²) < 4.78 is 7.58. The Bertz CT molecular complexity index is 1190. The standard InChI is InChI=1S/C25H28N6O/c1-29-13-15-30(16-14-29)24-12-8-20(17-26-24)22-11-10-21(31-18-27-28-25(22)31)9-7-19-5-3-4-6-23(19)32-2/h3-6,8,10-12,17-18H,7,9,13-16H2,1-2H3. The molecule has 0 spiro atoms.